The van der Waals surface area contributed by atoms with Crippen molar-refractivity contribution < 1.29 is 14.3 Å². The van der Waals surface area contributed by atoms with Crippen molar-refractivity contribution in [1.82, 2.24) is 9.88 Å². The number of anilines is 1. The van der Waals surface area contributed by atoms with Gasteiger partial charge in [0.25, 0.3) is 5.91 Å². The summed E-state index contributed by atoms with van der Waals surface area (Å²) >= 11 is 0. The summed E-state index contributed by atoms with van der Waals surface area (Å²) in [7, 11) is 0.164. The molecule has 1 unspecified atom stereocenters. The van der Waals surface area contributed by atoms with Crippen LogP contribution in [-0.4, -0.2) is 31.6 Å². The molecule has 0 saturated heterocycles. The number of hydrogen-bond acceptors (Lipinski definition) is 3. The summed E-state index contributed by atoms with van der Waals surface area (Å²) in [5, 5.41) is 7.22. The number of hydrogen-bond donors (Lipinski definition) is 2. The zero-order chi connectivity index (χ0) is 24.9. The molecule has 6 nitrogen and oxygen atoms in total. The first kappa shape index (κ1) is 25.3. The highest BCUT2D eigenvalue weighted by Gasteiger charge is 2.24. The Morgan fingerprint density at radius 3 is 2.21 bits per heavy atom. The van der Waals surface area contributed by atoms with Crippen molar-refractivity contribution in [2.45, 2.75) is 52.5 Å². The van der Waals surface area contributed by atoms with Gasteiger partial charge in [-0.15, -0.1) is 0 Å². The molecule has 0 spiro atoms. The van der Waals surface area contributed by atoms with Gasteiger partial charge in [-0.1, -0.05) is 56.0 Å². The second-order valence-electron chi connectivity index (χ2n) is 9.52. The summed E-state index contributed by atoms with van der Waals surface area (Å²) in [5.41, 5.74) is 3.66. The van der Waals surface area contributed by atoms with Gasteiger partial charge >= 0.3 is 0 Å². The lowest BCUT2D eigenvalue weighted by Gasteiger charge is -2.21. The number of benzene rings is 2. The molecule has 7 heteroatoms. The predicted octanol–water partition coefficient (Wildman–Crippen LogP) is 4.41. The number of methoxy groups -OCH3 is 1. The van der Waals surface area contributed by atoms with E-state index in [2.05, 4.69) is 49.3 Å². The molecule has 0 radical (unpaired) electrons. The predicted molar refractivity (Wildman–Crippen MR) is 140 cm³/mol. The number of nitrogens with zero attached hydrogens (tertiary/aromatic N) is 1. The molecule has 1 heterocycles. The molecule has 0 aliphatic rings. The Morgan fingerprint density at radius 1 is 1.00 bits per heavy atom. The molecule has 2 aromatic carbocycles. The fourth-order valence-electron chi connectivity index (χ4n) is 3.97. The molecule has 34 heavy (non-hydrogen) atoms. The maximum Gasteiger partial charge on any atom is 0.251 e. The second-order valence-corrected chi connectivity index (χ2v) is 14.6. The van der Waals surface area contributed by atoms with Crippen LogP contribution in [0.4, 0.5) is 5.69 Å². The van der Waals surface area contributed by atoms with E-state index in [0.29, 0.717) is 17.0 Å². The van der Waals surface area contributed by atoms with Gasteiger partial charge in [-0.05, 0) is 54.8 Å². The van der Waals surface area contributed by atoms with Gasteiger partial charge in [-0.3, -0.25) is 9.59 Å². The van der Waals surface area contributed by atoms with Crippen LogP contribution in [0, 0.1) is 6.92 Å². The molecule has 0 fully saturated rings. The average molecular weight is 478 g/mol. The van der Waals surface area contributed by atoms with Gasteiger partial charge in [-0.25, -0.2) is 0 Å². The highest BCUT2D eigenvalue weighted by atomic mass is 28.3. The van der Waals surface area contributed by atoms with Crippen molar-refractivity contribution >= 4 is 30.8 Å². The van der Waals surface area contributed by atoms with Crippen LogP contribution in [0.5, 0.6) is 5.75 Å². The van der Waals surface area contributed by atoms with Crippen molar-refractivity contribution in [2.75, 3.05) is 12.4 Å². The Morgan fingerprint density at radius 2 is 1.65 bits per heavy atom. The van der Waals surface area contributed by atoms with Crippen molar-refractivity contribution in [1.29, 1.82) is 0 Å². The summed E-state index contributed by atoms with van der Waals surface area (Å²) in [6, 6.07) is 16.3. The van der Waals surface area contributed by atoms with Gasteiger partial charge in [0.1, 0.15) is 18.3 Å². The highest BCUT2D eigenvalue weighted by Crippen LogP contribution is 2.20. The summed E-state index contributed by atoms with van der Waals surface area (Å²) in [6.07, 6.45) is 2.75. The Bertz CT molecular complexity index is 1130. The lowest BCUT2D eigenvalue weighted by atomic mass is 10.1. The molecule has 0 saturated carbocycles. The van der Waals surface area contributed by atoms with Crippen LogP contribution in [0.2, 0.25) is 19.6 Å². The number of carbonyl (C=O) groups is 2. The fourth-order valence-corrected chi connectivity index (χ4v) is 5.14. The van der Waals surface area contributed by atoms with Gasteiger partial charge in [0.15, 0.2) is 0 Å². The van der Waals surface area contributed by atoms with E-state index in [1.807, 2.05) is 35.9 Å². The first-order chi connectivity index (χ1) is 16.1. The summed E-state index contributed by atoms with van der Waals surface area (Å²) < 4.78 is 7.18. The number of aromatic nitrogens is 1. The number of carbonyl (C=O) groups excluding carboxylic acids is 2. The Labute approximate surface area is 203 Å². The summed E-state index contributed by atoms with van der Waals surface area (Å²) in [4.78, 5) is 26.3. The minimum atomic E-state index is -1.43. The molecule has 2 N–H and O–H groups in total. The first-order valence-corrected chi connectivity index (χ1v) is 15.1. The molecule has 180 valence electrons. The first-order valence-electron chi connectivity index (χ1n) is 11.6. The van der Waals surface area contributed by atoms with E-state index in [1.54, 1.807) is 31.4 Å². The van der Waals surface area contributed by atoms with Gasteiger partial charge in [-0.2, -0.15) is 0 Å². The van der Waals surface area contributed by atoms with Crippen LogP contribution in [-0.2, 0) is 22.6 Å². The van der Waals surface area contributed by atoms with E-state index in [1.165, 1.54) is 5.19 Å². The van der Waals surface area contributed by atoms with Gasteiger partial charge in [0.2, 0.25) is 5.91 Å². The summed E-state index contributed by atoms with van der Waals surface area (Å²) in [6.45, 7) is 11.1. The molecule has 3 rings (SSSR count). The monoisotopic (exact) mass is 477 g/mol. The maximum absolute atomic E-state index is 13.3. The van der Waals surface area contributed by atoms with E-state index < -0.39 is 14.1 Å². The zero-order valence-corrected chi connectivity index (χ0v) is 21.9. The number of aryl methyl sites for hydroxylation is 1. The van der Waals surface area contributed by atoms with E-state index in [0.717, 1.165) is 17.7 Å². The minimum absolute atomic E-state index is 0.155. The third-order valence-electron chi connectivity index (χ3n) is 5.99. The van der Waals surface area contributed by atoms with Crippen molar-refractivity contribution in [3.05, 3.63) is 77.6 Å². The SMILES string of the molecule is CCc1c(C)ccn1CC(=O)NC(C(=O)Nc1ccc([Si](C)(C)C)cc1)c1ccc(OC)cc1. The quantitative estimate of drug-likeness (QED) is 0.449. The van der Waals surface area contributed by atoms with Crippen molar-refractivity contribution in [3.63, 3.8) is 0 Å². The van der Waals surface area contributed by atoms with Crippen LogP contribution in [0.15, 0.2) is 60.8 Å². The smallest absolute Gasteiger partial charge is 0.251 e. The normalized spacial score (nSPS) is 12.2. The Kier molecular flexibility index (Phi) is 7.99. The fraction of sp³-hybridized carbons (Fsp3) is 0.333. The van der Waals surface area contributed by atoms with Crippen LogP contribution in [0.25, 0.3) is 0 Å². The van der Waals surface area contributed by atoms with Crippen molar-refractivity contribution in [3.8, 4) is 5.75 Å². The van der Waals surface area contributed by atoms with Crippen LogP contribution in [0.1, 0.15) is 29.8 Å². The largest absolute Gasteiger partial charge is 0.497 e. The van der Waals surface area contributed by atoms with Gasteiger partial charge in [0, 0.05) is 17.6 Å². The van der Waals surface area contributed by atoms with Crippen LogP contribution < -0.4 is 20.6 Å². The third kappa shape index (κ3) is 6.17. The van der Waals surface area contributed by atoms with E-state index in [9.17, 15) is 9.59 Å². The molecule has 3 aromatic rings. The van der Waals surface area contributed by atoms with Crippen LogP contribution >= 0.6 is 0 Å². The molecular formula is C27H35N3O3Si. The molecule has 0 aliphatic carbocycles. The minimum Gasteiger partial charge on any atom is -0.497 e. The zero-order valence-electron chi connectivity index (χ0n) is 20.9. The number of rotatable bonds is 9. The second kappa shape index (κ2) is 10.7. The molecule has 0 aliphatic heterocycles. The van der Waals surface area contributed by atoms with Gasteiger partial charge < -0.3 is 19.9 Å². The Hall–Kier alpha value is -3.32. The van der Waals surface area contributed by atoms with E-state index >= 15 is 0 Å². The number of amides is 2. The highest BCUT2D eigenvalue weighted by molar-refractivity contribution is 6.88. The molecule has 0 bridgehead atoms. The molecule has 1 aromatic heterocycles. The van der Waals surface area contributed by atoms with Crippen molar-refractivity contribution in [2.24, 2.45) is 0 Å². The van der Waals surface area contributed by atoms with E-state index in [4.69, 9.17) is 4.74 Å². The molecular weight excluding hydrogens is 442 g/mol. The lowest BCUT2D eigenvalue weighted by Crippen LogP contribution is -2.39. The Balaban J connectivity index is 1.81. The van der Waals surface area contributed by atoms with E-state index in [-0.39, 0.29) is 18.4 Å². The maximum atomic E-state index is 13.3. The standard InChI is InChI=1S/C27H35N3O3Si/c1-7-24-19(2)16-17-30(24)18-25(31)29-26(20-8-12-22(33-3)13-9-20)27(32)28-21-10-14-23(15-11-21)34(4,5)6/h8-17,26H,7,18H2,1-6H3,(H,28,32)(H,29,31). The molecule has 2 amide bonds. The number of nitrogens with one attached hydrogen (secondary N) is 2. The lowest BCUT2D eigenvalue weighted by molar-refractivity contribution is -0.127. The van der Waals surface area contributed by atoms with Crippen LogP contribution in [0.3, 0.4) is 0 Å². The number of ether oxygens (including phenoxy) is 1. The average Bonchev–Trinajstić information content (AvgIpc) is 3.16. The third-order valence-corrected chi connectivity index (χ3v) is 8.06. The summed E-state index contributed by atoms with van der Waals surface area (Å²) in [5.74, 6) is 0.167. The molecule has 1 atom stereocenters. The van der Waals surface area contributed by atoms with Gasteiger partial charge in [0.05, 0.1) is 15.2 Å². The topological polar surface area (TPSA) is 72.4 Å².